The van der Waals surface area contributed by atoms with Gasteiger partial charge in [0.1, 0.15) is 0 Å². The molecule has 0 atom stereocenters. The molecule has 1 heterocycles. The minimum atomic E-state index is -0.253. The Hall–Kier alpha value is -0.610. The molecule has 0 saturated carbocycles. The Bertz CT molecular complexity index is 287. The monoisotopic (exact) mass is 172 g/mol. The summed E-state index contributed by atoms with van der Waals surface area (Å²) in [5.41, 5.74) is 5.26. The van der Waals surface area contributed by atoms with Crippen LogP contribution >= 0.6 is 11.3 Å². The van der Waals surface area contributed by atoms with Crippen molar-refractivity contribution >= 4 is 11.3 Å². The molecule has 1 rings (SSSR count). The van der Waals surface area contributed by atoms with Crippen molar-refractivity contribution in [2.75, 3.05) is 6.54 Å². The van der Waals surface area contributed by atoms with Crippen LogP contribution in [0.4, 0.5) is 0 Å². The third kappa shape index (κ3) is 1.52. The highest BCUT2D eigenvalue weighted by Gasteiger charge is 2.18. The lowest BCUT2D eigenvalue weighted by atomic mass is 10.1. The van der Waals surface area contributed by atoms with E-state index in [1.54, 1.807) is 16.1 Å². The highest BCUT2D eigenvalue weighted by molar-refractivity contribution is 7.07. The van der Waals surface area contributed by atoms with Gasteiger partial charge in [0.15, 0.2) is 0 Å². The quantitative estimate of drug-likeness (QED) is 0.710. The highest BCUT2D eigenvalue weighted by atomic mass is 32.1. The molecule has 0 saturated heterocycles. The second-order valence-corrected chi connectivity index (χ2v) is 3.91. The average molecular weight is 172 g/mol. The second kappa shape index (κ2) is 2.79. The van der Waals surface area contributed by atoms with Crippen molar-refractivity contribution in [1.29, 1.82) is 0 Å². The molecular formula is C7H12N2OS. The molecule has 0 unspecified atom stereocenters. The molecule has 0 aliphatic rings. The van der Waals surface area contributed by atoms with Gasteiger partial charge in [-0.1, -0.05) is 11.3 Å². The predicted octanol–water partition coefficient (Wildman–Crippen LogP) is 0.604. The summed E-state index contributed by atoms with van der Waals surface area (Å²) in [6.07, 6.45) is 1.78. The fourth-order valence-corrected chi connectivity index (χ4v) is 1.53. The van der Waals surface area contributed by atoms with E-state index in [-0.39, 0.29) is 10.4 Å². The van der Waals surface area contributed by atoms with Gasteiger partial charge < -0.3 is 5.73 Å². The molecule has 1 aromatic heterocycles. The first-order valence-electron chi connectivity index (χ1n) is 3.44. The summed E-state index contributed by atoms with van der Waals surface area (Å²) >= 11 is 1.20. The smallest absolute Gasteiger partial charge is 0.307 e. The SMILES string of the molecule is CC(C)(CN)n1ccsc1=O. The van der Waals surface area contributed by atoms with Gasteiger partial charge in [-0.2, -0.15) is 0 Å². The first-order chi connectivity index (χ1) is 5.08. The first-order valence-corrected chi connectivity index (χ1v) is 4.32. The van der Waals surface area contributed by atoms with E-state index in [4.69, 9.17) is 5.73 Å². The molecule has 3 nitrogen and oxygen atoms in total. The molecule has 4 heteroatoms. The van der Waals surface area contributed by atoms with Crippen molar-refractivity contribution in [1.82, 2.24) is 4.57 Å². The standard InChI is InChI=1S/C7H12N2OS/c1-7(2,5-8)9-3-4-11-6(9)10/h3-4H,5,8H2,1-2H3. The van der Waals surface area contributed by atoms with E-state index in [1.165, 1.54) is 11.3 Å². The molecule has 0 aliphatic carbocycles. The van der Waals surface area contributed by atoms with Gasteiger partial charge in [0, 0.05) is 18.1 Å². The fourth-order valence-electron chi connectivity index (χ4n) is 0.814. The lowest BCUT2D eigenvalue weighted by molar-refractivity contribution is 0.361. The van der Waals surface area contributed by atoms with Crippen LogP contribution in [0, 0.1) is 0 Å². The van der Waals surface area contributed by atoms with Crippen LogP contribution < -0.4 is 10.6 Å². The van der Waals surface area contributed by atoms with Gasteiger partial charge in [-0.05, 0) is 13.8 Å². The maximum absolute atomic E-state index is 11.2. The number of nitrogens with two attached hydrogens (primary N) is 1. The van der Waals surface area contributed by atoms with E-state index in [0.29, 0.717) is 6.54 Å². The van der Waals surface area contributed by atoms with Crippen molar-refractivity contribution in [3.63, 3.8) is 0 Å². The van der Waals surface area contributed by atoms with Crippen LogP contribution in [-0.2, 0) is 5.54 Å². The molecule has 0 fully saturated rings. The largest absolute Gasteiger partial charge is 0.328 e. The first kappa shape index (κ1) is 8.49. The Labute approximate surface area is 69.5 Å². The zero-order chi connectivity index (χ0) is 8.48. The molecule has 0 aliphatic heterocycles. The van der Waals surface area contributed by atoms with Gasteiger partial charge >= 0.3 is 4.87 Å². The molecule has 1 aromatic rings. The van der Waals surface area contributed by atoms with Crippen LogP contribution in [0.2, 0.25) is 0 Å². The Morgan fingerprint density at radius 2 is 2.36 bits per heavy atom. The predicted molar refractivity (Wildman–Crippen MR) is 47.0 cm³/mol. The third-order valence-electron chi connectivity index (χ3n) is 1.73. The Balaban J connectivity index is 3.11. The molecule has 2 N–H and O–H groups in total. The molecule has 62 valence electrons. The second-order valence-electron chi connectivity index (χ2n) is 3.06. The van der Waals surface area contributed by atoms with E-state index in [0.717, 1.165) is 0 Å². The van der Waals surface area contributed by atoms with Crippen LogP contribution in [0.5, 0.6) is 0 Å². The van der Waals surface area contributed by atoms with Crippen molar-refractivity contribution in [2.24, 2.45) is 5.73 Å². The Morgan fingerprint density at radius 1 is 1.73 bits per heavy atom. The summed E-state index contributed by atoms with van der Waals surface area (Å²) in [6, 6.07) is 0. The van der Waals surface area contributed by atoms with Crippen LogP contribution in [0.25, 0.3) is 0 Å². The average Bonchev–Trinajstić information content (AvgIpc) is 2.36. The van der Waals surface area contributed by atoms with Crippen molar-refractivity contribution in [2.45, 2.75) is 19.4 Å². The zero-order valence-corrected chi connectivity index (χ0v) is 7.52. The lowest BCUT2D eigenvalue weighted by Gasteiger charge is -2.23. The maximum atomic E-state index is 11.2. The molecule has 0 aromatic carbocycles. The van der Waals surface area contributed by atoms with Gasteiger partial charge in [-0.3, -0.25) is 9.36 Å². The fraction of sp³-hybridized carbons (Fsp3) is 0.571. The van der Waals surface area contributed by atoms with Gasteiger partial charge in [-0.15, -0.1) is 0 Å². The molecule has 0 radical (unpaired) electrons. The van der Waals surface area contributed by atoms with E-state index in [2.05, 4.69) is 0 Å². The molecule has 0 amide bonds. The molecule has 11 heavy (non-hydrogen) atoms. The third-order valence-corrected chi connectivity index (χ3v) is 2.38. The zero-order valence-electron chi connectivity index (χ0n) is 6.70. The molecule has 0 bridgehead atoms. The normalized spacial score (nSPS) is 11.9. The van der Waals surface area contributed by atoms with Crippen LogP contribution in [0.3, 0.4) is 0 Å². The summed E-state index contributed by atoms with van der Waals surface area (Å²) in [5, 5.41) is 1.78. The summed E-state index contributed by atoms with van der Waals surface area (Å²) in [5.74, 6) is 0. The van der Waals surface area contributed by atoms with Crippen molar-refractivity contribution < 1.29 is 0 Å². The molecule has 0 spiro atoms. The van der Waals surface area contributed by atoms with Crippen molar-refractivity contribution in [3.8, 4) is 0 Å². The summed E-state index contributed by atoms with van der Waals surface area (Å²) < 4.78 is 1.66. The lowest BCUT2D eigenvalue weighted by Crippen LogP contribution is -2.39. The van der Waals surface area contributed by atoms with E-state index in [9.17, 15) is 4.79 Å². The summed E-state index contributed by atoms with van der Waals surface area (Å²) in [4.78, 5) is 11.2. The number of nitrogens with zero attached hydrogens (tertiary/aromatic N) is 1. The Kier molecular flexibility index (Phi) is 2.15. The van der Waals surface area contributed by atoms with Crippen LogP contribution in [-0.4, -0.2) is 11.1 Å². The van der Waals surface area contributed by atoms with Crippen LogP contribution in [0.15, 0.2) is 16.4 Å². The van der Waals surface area contributed by atoms with E-state index < -0.39 is 0 Å². The van der Waals surface area contributed by atoms with E-state index in [1.807, 2.05) is 13.8 Å². The van der Waals surface area contributed by atoms with Crippen molar-refractivity contribution in [3.05, 3.63) is 21.2 Å². The number of hydrogen-bond acceptors (Lipinski definition) is 3. The number of thiazole rings is 1. The Morgan fingerprint density at radius 3 is 2.73 bits per heavy atom. The van der Waals surface area contributed by atoms with Gasteiger partial charge in [0.2, 0.25) is 0 Å². The highest BCUT2D eigenvalue weighted by Crippen LogP contribution is 2.10. The molecular weight excluding hydrogens is 160 g/mol. The summed E-state index contributed by atoms with van der Waals surface area (Å²) in [6.45, 7) is 4.37. The van der Waals surface area contributed by atoms with E-state index >= 15 is 0 Å². The van der Waals surface area contributed by atoms with Gasteiger partial charge in [-0.25, -0.2) is 0 Å². The maximum Gasteiger partial charge on any atom is 0.307 e. The number of rotatable bonds is 2. The summed E-state index contributed by atoms with van der Waals surface area (Å²) in [7, 11) is 0. The number of hydrogen-bond donors (Lipinski definition) is 1. The topological polar surface area (TPSA) is 48.0 Å². The number of aromatic nitrogens is 1. The van der Waals surface area contributed by atoms with Gasteiger partial charge in [0.05, 0.1) is 5.54 Å². The minimum Gasteiger partial charge on any atom is -0.328 e. The van der Waals surface area contributed by atoms with Crippen LogP contribution in [0.1, 0.15) is 13.8 Å². The minimum absolute atomic E-state index is 0.0560. The van der Waals surface area contributed by atoms with Gasteiger partial charge in [0.25, 0.3) is 0 Å².